The van der Waals surface area contributed by atoms with Gasteiger partial charge in [0, 0.05) is 11.8 Å². The summed E-state index contributed by atoms with van der Waals surface area (Å²) in [6.45, 7) is 5.72. The Morgan fingerprint density at radius 1 is 1.08 bits per heavy atom. The van der Waals surface area contributed by atoms with Crippen LogP contribution in [-0.2, 0) is 15.8 Å². The van der Waals surface area contributed by atoms with E-state index in [1.165, 1.54) is 6.33 Å². The molecular formula is C17H19N5O2S. The molecule has 2 aromatic heterocycles. The number of aromatic nitrogens is 4. The van der Waals surface area contributed by atoms with E-state index in [2.05, 4.69) is 19.8 Å². The number of nitrogens with zero attached hydrogens (tertiary/aromatic N) is 4. The molecule has 130 valence electrons. The summed E-state index contributed by atoms with van der Waals surface area (Å²) in [6.07, 6.45) is 1.32. The number of sulfonamides is 1. The average molecular weight is 357 g/mol. The van der Waals surface area contributed by atoms with Crippen molar-refractivity contribution in [2.45, 2.75) is 26.5 Å². The van der Waals surface area contributed by atoms with Gasteiger partial charge in [-0.2, -0.15) is 5.10 Å². The number of nitrogens with one attached hydrogen (secondary N) is 1. The van der Waals surface area contributed by atoms with Crippen molar-refractivity contribution in [1.29, 1.82) is 0 Å². The van der Waals surface area contributed by atoms with Gasteiger partial charge in [0.25, 0.3) is 0 Å². The molecule has 25 heavy (non-hydrogen) atoms. The van der Waals surface area contributed by atoms with E-state index in [0.29, 0.717) is 5.82 Å². The van der Waals surface area contributed by atoms with Gasteiger partial charge in [0.05, 0.1) is 11.4 Å². The molecule has 3 aromatic rings. The van der Waals surface area contributed by atoms with Crippen LogP contribution in [0.15, 0.2) is 42.7 Å². The van der Waals surface area contributed by atoms with Gasteiger partial charge in [0.2, 0.25) is 10.0 Å². The predicted molar refractivity (Wildman–Crippen MR) is 96.1 cm³/mol. The molecule has 7 nitrogen and oxygen atoms in total. The monoisotopic (exact) mass is 357 g/mol. The Morgan fingerprint density at radius 3 is 2.56 bits per heavy atom. The second-order valence-corrected chi connectivity index (χ2v) is 7.67. The van der Waals surface area contributed by atoms with Crippen molar-refractivity contribution in [2.75, 3.05) is 4.72 Å². The van der Waals surface area contributed by atoms with Crippen molar-refractivity contribution < 1.29 is 8.42 Å². The smallest absolute Gasteiger partial charge is 0.238 e. The topological polar surface area (TPSA) is 89.8 Å². The quantitative estimate of drug-likeness (QED) is 0.758. The number of hydrogen-bond acceptors (Lipinski definition) is 5. The van der Waals surface area contributed by atoms with E-state index >= 15 is 0 Å². The van der Waals surface area contributed by atoms with Crippen LogP contribution in [0.5, 0.6) is 0 Å². The van der Waals surface area contributed by atoms with Crippen LogP contribution in [0.1, 0.15) is 22.5 Å². The lowest BCUT2D eigenvalue weighted by molar-refractivity contribution is 0.600. The summed E-state index contributed by atoms with van der Waals surface area (Å²) in [4.78, 5) is 8.17. The third-order valence-corrected chi connectivity index (χ3v) is 4.81. The summed E-state index contributed by atoms with van der Waals surface area (Å²) in [7, 11) is -3.58. The lowest BCUT2D eigenvalue weighted by atomic mass is 10.2. The highest BCUT2D eigenvalue weighted by molar-refractivity contribution is 7.91. The molecule has 0 fully saturated rings. The van der Waals surface area contributed by atoms with Gasteiger partial charge in [-0.1, -0.05) is 29.8 Å². The molecule has 3 rings (SSSR count). The van der Waals surface area contributed by atoms with Gasteiger partial charge in [-0.05, 0) is 32.4 Å². The molecule has 0 amide bonds. The van der Waals surface area contributed by atoms with E-state index in [1.807, 2.05) is 45.0 Å². The van der Waals surface area contributed by atoms with E-state index in [4.69, 9.17) is 0 Å². The van der Waals surface area contributed by atoms with Crippen molar-refractivity contribution in [3.8, 4) is 5.82 Å². The van der Waals surface area contributed by atoms with Crippen LogP contribution in [0, 0.1) is 20.8 Å². The lowest BCUT2D eigenvalue weighted by Gasteiger charge is -2.09. The maximum Gasteiger partial charge on any atom is 0.238 e. The zero-order valence-corrected chi connectivity index (χ0v) is 15.1. The maximum atomic E-state index is 12.4. The van der Waals surface area contributed by atoms with E-state index in [0.717, 1.165) is 22.5 Å². The molecule has 0 aliphatic carbocycles. The first kappa shape index (κ1) is 17.1. The van der Waals surface area contributed by atoms with Crippen LogP contribution in [-0.4, -0.2) is 28.2 Å². The molecule has 0 bridgehead atoms. The van der Waals surface area contributed by atoms with Crippen LogP contribution >= 0.6 is 0 Å². The third kappa shape index (κ3) is 4.21. The molecule has 0 saturated carbocycles. The van der Waals surface area contributed by atoms with Gasteiger partial charge in [-0.3, -0.25) is 4.72 Å². The van der Waals surface area contributed by atoms with Crippen molar-refractivity contribution in [2.24, 2.45) is 0 Å². The predicted octanol–water partition coefficient (Wildman–Crippen LogP) is 2.53. The molecule has 0 saturated heterocycles. The normalized spacial score (nSPS) is 11.5. The van der Waals surface area contributed by atoms with Crippen molar-refractivity contribution in [3.05, 3.63) is 65.2 Å². The molecule has 2 heterocycles. The second-order valence-electron chi connectivity index (χ2n) is 5.95. The zero-order chi connectivity index (χ0) is 18.0. The van der Waals surface area contributed by atoms with Gasteiger partial charge in [0.1, 0.15) is 12.1 Å². The van der Waals surface area contributed by atoms with E-state index in [-0.39, 0.29) is 11.6 Å². The number of hydrogen-bond donors (Lipinski definition) is 1. The summed E-state index contributed by atoms with van der Waals surface area (Å²) in [5.74, 6) is 0.604. The maximum absolute atomic E-state index is 12.4. The minimum atomic E-state index is -3.58. The first-order valence-corrected chi connectivity index (χ1v) is 9.39. The Balaban J connectivity index is 1.83. The number of aryl methyl sites for hydroxylation is 3. The fraction of sp³-hybridized carbons (Fsp3) is 0.235. The number of anilines is 1. The Hall–Kier alpha value is -2.74. The van der Waals surface area contributed by atoms with Crippen LogP contribution in [0.3, 0.4) is 0 Å². The van der Waals surface area contributed by atoms with Crippen molar-refractivity contribution in [1.82, 2.24) is 19.7 Å². The molecule has 1 aromatic carbocycles. The van der Waals surface area contributed by atoms with Crippen molar-refractivity contribution >= 4 is 15.8 Å². The first-order valence-electron chi connectivity index (χ1n) is 7.74. The highest BCUT2D eigenvalue weighted by Gasteiger charge is 2.14. The molecule has 0 atom stereocenters. The molecule has 8 heteroatoms. The van der Waals surface area contributed by atoms with Crippen molar-refractivity contribution in [3.63, 3.8) is 0 Å². The van der Waals surface area contributed by atoms with Crippen LogP contribution in [0.25, 0.3) is 5.82 Å². The third-order valence-electron chi connectivity index (χ3n) is 3.58. The fourth-order valence-corrected chi connectivity index (χ4v) is 3.72. The minimum absolute atomic E-state index is 0.117. The minimum Gasteiger partial charge on any atom is -0.267 e. The molecule has 0 radical (unpaired) electrons. The Morgan fingerprint density at radius 2 is 1.88 bits per heavy atom. The molecule has 0 unspecified atom stereocenters. The van der Waals surface area contributed by atoms with Crippen LogP contribution in [0.4, 0.5) is 5.82 Å². The summed E-state index contributed by atoms with van der Waals surface area (Å²) in [5, 5.41) is 4.34. The standard InChI is InChI=1S/C17H19N5O2S/c1-12-5-4-6-15(7-12)10-25(23,24)21-16-9-17(19-11-18-16)22-14(3)8-13(2)20-22/h4-9,11H,10H2,1-3H3,(H,18,19,21). The van der Waals surface area contributed by atoms with E-state index < -0.39 is 10.0 Å². The van der Waals surface area contributed by atoms with E-state index in [9.17, 15) is 8.42 Å². The summed E-state index contributed by atoms with van der Waals surface area (Å²) in [5.41, 5.74) is 3.50. The highest BCUT2D eigenvalue weighted by atomic mass is 32.2. The Bertz CT molecular complexity index is 1010. The molecule has 0 spiro atoms. The highest BCUT2D eigenvalue weighted by Crippen LogP contribution is 2.15. The Labute approximate surface area is 146 Å². The van der Waals surface area contributed by atoms with Crippen LogP contribution < -0.4 is 4.72 Å². The molecule has 0 aliphatic heterocycles. The van der Waals surface area contributed by atoms with E-state index in [1.54, 1.807) is 16.8 Å². The number of rotatable bonds is 5. The average Bonchev–Trinajstić information content (AvgIpc) is 2.85. The second kappa shape index (κ2) is 6.64. The Kier molecular flexibility index (Phi) is 4.54. The zero-order valence-electron chi connectivity index (χ0n) is 14.3. The van der Waals surface area contributed by atoms with Gasteiger partial charge in [-0.25, -0.2) is 23.1 Å². The largest absolute Gasteiger partial charge is 0.267 e. The summed E-state index contributed by atoms with van der Waals surface area (Å²) >= 11 is 0. The number of benzene rings is 1. The molecule has 1 N–H and O–H groups in total. The SMILES string of the molecule is Cc1cccc(CS(=O)(=O)Nc2cc(-n3nc(C)cc3C)ncn2)c1. The first-order chi connectivity index (χ1) is 11.8. The van der Waals surface area contributed by atoms with Gasteiger partial charge >= 0.3 is 0 Å². The van der Waals surface area contributed by atoms with Gasteiger partial charge in [-0.15, -0.1) is 0 Å². The van der Waals surface area contributed by atoms with Crippen LogP contribution in [0.2, 0.25) is 0 Å². The summed E-state index contributed by atoms with van der Waals surface area (Å²) < 4.78 is 29.0. The fourth-order valence-electron chi connectivity index (χ4n) is 2.60. The summed E-state index contributed by atoms with van der Waals surface area (Å²) in [6, 6.07) is 10.9. The lowest BCUT2D eigenvalue weighted by Crippen LogP contribution is -2.16. The molecule has 0 aliphatic rings. The van der Waals surface area contributed by atoms with Gasteiger partial charge < -0.3 is 0 Å². The van der Waals surface area contributed by atoms with Gasteiger partial charge in [0.15, 0.2) is 5.82 Å². The molecular weight excluding hydrogens is 338 g/mol.